The number of ether oxygens (including phenoxy) is 1. The second kappa shape index (κ2) is 10.1. The molecule has 0 heterocycles. The standard InChI is InChI=1S/C21H27ClN2O2/c1-4-20(26-19-13-9-17(22)10-14-19)21(25)23-15-16-7-11-18(12-8-16)24(5-2)6-3/h7-14,20H,4-6,15H2,1-3H3,(H,23,25)/t20-/m0/s1. The number of amides is 1. The molecule has 2 aromatic carbocycles. The predicted molar refractivity (Wildman–Crippen MR) is 108 cm³/mol. The van der Waals surface area contributed by atoms with Crippen LogP contribution in [0.5, 0.6) is 5.75 Å². The van der Waals surface area contributed by atoms with Crippen LogP contribution in [0.4, 0.5) is 5.69 Å². The van der Waals surface area contributed by atoms with Gasteiger partial charge in [-0.05, 0) is 62.2 Å². The zero-order valence-corrected chi connectivity index (χ0v) is 16.4. The highest BCUT2D eigenvalue weighted by molar-refractivity contribution is 6.30. The van der Waals surface area contributed by atoms with Crippen LogP contribution in [0.25, 0.3) is 0 Å². The first-order valence-electron chi connectivity index (χ1n) is 9.11. The van der Waals surface area contributed by atoms with Crippen LogP contribution in [0.15, 0.2) is 48.5 Å². The molecule has 1 atom stereocenters. The second-order valence-electron chi connectivity index (χ2n) is 6.03. The molecular weight excluding hydrogens is 348 g/mol. The molecule has 0 aliphatic carbocycles. The average Bonchev–Trinajstić information content (AvgIpc) is 2.67. The first kappa shape index (κ1) is 20.1. The van der Waals surface area contributed by atoms with E-state index in [1.165, 1.54) is 5.69 Å². The van der Waals surface area contributed by atoms with E-state index in [2.05, 4.69) is 48.3 Å². The van der Waals surface area contributed by atoms with E-state index in [4.69, 9.17) is 16.3 Å². The van der Waals surface area contributed by atoms with Crippen molar-refractivity contribution in [2.45, 2.75) is 39.8 Å². The summed E-state index contributed by atoms with van der Waals surface area (Å²) < 4.78 is 5.77. The lowest BCUT2D eigenvalue weighted by atomic mass is 10.2. The third kappa shape index (κ3) is 5.67. The highest BCUT2D eigenvalue weighted by Gasteiger charge is 2.18. The van der Waals surface area contributed by atoms with Crippen molar-refractivity contribution in [2.24, 2.45) is 0 Å². The van der Waals surface area contributed by atoms with E-state index in [1.54, 1.807) is 24.3 Å². The Kier molecular flexibility index (Phi) is 7.79. The van der Waals surface area contributed by atoms with Crippen molar-refractivity contribution in [3.63, 3.8) is 0 Å². The molecule has 1 amide bonds. The van der Waals surface area contributed by atoms with Crippen molar-refractivity contribution < 1.29 is 9.53 Å². The third-order valence-corrected chi connectivity index (χ3v) is 4.54. The fourth-order valence-electron chi connectivity index (χ4n) is 2.72. The highest BCUT2D eigenvalue weighted by atomic mass is 35.5. The van der Waals surface area contributed by atoms with E-state index in [-0.39, 0.29) is 5.91 Å². The van der Waals surface area contributed by atoms with Gasteiger partial charge in [0.2, 0.25) is 0 Å². The van der Waals surface area contributed by atoms with Gasteiger partial charge in [0, 0.05) is 30.3 Å². The lowest BCUT2D eigenvalue weighted by molar-refractivity contribution is -0.128. The van der Waals surface area contributed by atoms with Crippen LogP contribution >= 0.6 is 11.6 Å². The van der Waals surface area contributed by atoms with Crippen molar-refractivity contribution in [3.8, 4) is 5.75 Å². The smallest absolute Gasteiger partial charge is 0.261 e. The van der Waals surface area contributed by atoms with Crippen LogP contribution in [-0.4, -0.2) is 25.1 Å². The van der Waals surface area contributed by atoms with Crippen molar-refractivity contribution in [3.05, 3.63) is 59.1 Å². The molecule has 2 rings (SSSR count). The number of nitrogens with one attached hydrogen (secondary N) is 1. The van der Waals surface area contributed by atoms with Crippen molar-refractivity contribution >= 4 is 23.2 Å². The number of halogens is 1. The molecule has 0 aromatic heterocycles. The van der Waals surface area contributed by atoms with Gasteiger partial charge in [0.15, 0.2) is 6.10 Å². The minimum Gasteiger partial charge on any atom is -0.481 e. The maximum absolute atomic E-state index is 12.4. The Morgan fingerprint density at radius 3 is 2.19 bits per heavy atom. The van der Waals surface area contributed by atoms with Gasteiger partial charge in [-0.25, -0.2) is 0 Å². The molecule has 140 valence electrons. The van der Waals surface area contributed by atoms with Crippen molar-refractivity contribution in [1.82, 2.24) is 5.32 Å². The van der Waals surface area contributed by atoms with Gasteiger partial charge in [-0.2, -0.15) is 0 Å². The van der Waals surface area contributed by atoms with Crippen LogP contribution in [0.3, 0.4) is 0 Å². The number of hydrogen-bond acceptors (Lipinski definition) is 3. The molecule has 0 saturated carbocycles. The number of anilines is 1. The van der Waals surface area contributed by atoms with E-state index < -0.39 is 6.10 Å². The zero-order valence-electron chi connectivity index (χ0n) is 15.7. The Bertz CT molecular complexity index is 682. The molecule has 0 saturated heterocycles. The molecular formula is C21H27ClN2O2. The molecule has 4 nitrogen and oxygen atoms in total. The Labute approximate surface area is 161 Å². The summed E-state index contributed by atoms with van der Waals surface area (Å²) in [5, 5.41) is 3.60. The summed E-state index contributed by atoms with van der Waals surface area (Å²) >= 11 is 5.87. The van der Waals surface area contributed by atoms with Gasteiger partial charge in [0.25, 0.3) is 5.91 Å². The maximum atomic E-state index is 12.4. The number of carbonyl (C=O) groups excluding carboxylic acids is 1. The molecule has 2 aromatic rings. The van der Waals surface area contributed by atoms with Crippen LogP contribution in [0, 0.1) is 0 Å². The summed E-state index contributed by atoms with van der Waals surface area (Å²) in [6.45, 7) is 8.66. The van der Waals surface area contributed by atoms with E-state index in [0.717, 1.165) is 18.7 Å². The van der Waals surface area contributed by atoms with E-state index in [1.807, 2.05) is 6.92 Å². The number of benzene rings is 2. The molecule has 1 N–H and O–H groups in total. The van der Waals surface area contributed by atoms with E-state index in [9.17, 15) is 4.79 Å². The van der Waals surface area contributed by atoms with E-state index >= 15 is 0 Å². The summed E-state index contributed by atoms with van der Waals surface area (Å²) in [7, 11) is 0. The summed E-state index contributed by atoms with van der Waals surface area (Å²) in [5.74, 6) is 0.523. The summed E-state index contributed by atoms with van der Waals surface area (Å²) in [6.07, 6.45) is 0.0705. The quantitative estimate of drug-likeness (QED) is 0.694. The first-order chi connectivity index (χ1) is 12.6. The highest BCUT2D eigenvalue weighted by Crippen LogP contribution is 2.18. The molecule has 5 heteroatoms. The molecule has 0 spiro atoms. The number of nitrogens with zero attached hydrogens (tertiary/aromatic N) is 1. The SMILES string of the molecule is CC[C@H](Oc1ccc(Cl)cc1)C(=O)NCc1ccc(N(CC)CC)cc1. The minimum absolute atomic E-state index is 0.115. The monoisotopic (exact) mass is 374 g/mol. The molecule has 0 aliphatic rings. The van der Waals surface area contributed by atoms with Gasteiger partial charge < -0.3 is 15.0 Å². The molecule has 0 radical (unpaired) electrons. The molecule has 0 fully saturated rings. The van der Waals surface area contributed by atoms with Crippen molar-refractivity contribution in [2.75, 3.05) is 18.0 Å². The second-order valence-corrected chi connectivity index (χ2v) is 6.46. The van der Waals surface area contributed by atoms with Crippen LogP contribution in [0.2, 0.25) is 5.02 Å². The maximum Gasteiger partial charge on any atom is 0.261 e. The van der Waals surface area contributed by atoms with Gasteiger partial charge in [0.1, 0.15) is 5.75 Å². The van der Waals surface area contributed by atoms with Crippen LogP contribution in [-0.2, 0) is 11.3 Å². The fraction of sp³-hybridized carbons (Fsp3) is 0.381. The third-order valence-electron chi connectivity index (χ3n) is 4.29. The largest absolute Gasteiger partial charge is 0.481 e. The Balaban J connectivity index is 1.90. The summed E-state index contributed by atoms with van der Waals surface area (Å²) in [6, 6.07) is 15.3. The predicted octanol–water partition coefficient (Wildman–Crippen LogP) is 4.66. The van der Waals surface area contributed by atoms with Crippen LogP contribution in [0.1, 0.15) is 32.8 Å². The van der Waals surface area contributed by atoms with Gasteiger partial charge in [-0.3, -0.25) is 4.79 Å². The van der Waals surface area contributed by atoms with Gasteiger partial charge in [0.05, 0.1) is 0 Å². The Morgan fingerprint density at radius 2 is 1.65 bits per heavy atom. The van der Waals surface area contributed by atoms with Crippen molar-refractivity contribution in [1.29, 1.82) is 0 Å². The first-order valence-corrected chi connectivity index (χ1v) is 9.49. The van der Waals surface area contributed by atoms with Gasteiger partial charge in [-0.1, -0.05) is 30.7 Å². The zero-order chi connectivity index (χ0) is 18.9. The van der Waals surface area contributed by atoms with Gasteiger partial charge in [-0.15, -0.1) is 0 Å². The van der Waals surface area contributed by atoms with E-state index in [0.29, 0.717) is 23.7 Å². The molecule has 0 bridgehead atoms. The molecule has 0 unspecified atom stereocenters. The number of hydrogen-bond donors (Lipinski definition) is 1. The number of carbonyl (C=O) groups is 1. The lowest BCUT2D eigenvalue weighted by Crippen LogP contribution is -2.37. The molecule has 0 aliphatic heterocycles. The number of rotatable bonds is 9. The Hall–Kier alpha value is -2.20. The summed E-state index contributed by atoms with van der Waals surface area (Å²) in [4.78, 5) is 14.7. The normalized spacial score (nSPS) is 11.7. The Morgan fingerprint density at radius 1 is 1.04 bits per heavy atom. The topological polar surface area (TPSA) is 41.6 Å². The fourth-order valence-corrected chi connectivity index (χ4v) is 2.84. The summed E-state index contributed by atoms with van der Waals surface area (Å²) in [5.41, 5.74) is 2.26. The van der Waals surface area contributed by atoms with Crippen LogP contribution < -0.4 is 15.0 Å². The van der Waals surface area contributed by atoms with Gasteiger partial charge >= 0.3 is 0 Å². The average molecular weight is 375 g/mol. The lowest BCUT2D eigenvalue weighted by Gasteiger charge is -2.21. The molecule has 26 heavy (non-hydrogen) atoms. The minimum atomic E-state index is -0.522.